The van der Waals surface area contributed by atoms with Crippen molar-refractivity contribution in [2.24, 2.45) is 0 Å². The number of nitrogens with zero attached hydrogens (tertiary/aromatic N) is 2. The number of rotatable bonds is 6. The summed E-state index contributed by atoms with van der Waals surface area (Å²) in [5.74, 6) is -1.29. The minimum Gasteiger partial charge on any atom is -0.477 e. The van der Waals surface area contributed by atoms with E-state index in [0.717, 1.165) is 0 Å². The third kappa shape index (κ3) is 7.42. The van der Waals surface area contributed by atoms with Gasteiger partial charge in [0.25, 0.3) is 0 Å². The van der Waals surface area contributed by atoms with E-state index in [2.05, 4.69) is 0 Å². The SMILES string of the molecule is CCC(Cn1ccc(=O)c(C(=O)O)c1)N(OC(C)(C)C)C(=O)OC(C)(C)C. The van der Waals surface area contributed by atoms with Gasteiger partial charge < -0.3 is 14.4 Å². The van der Waals surface area contributed by atoms with Gasteiger partial charge >= 0.3 is 12.1 Å². The number of aromatic carboxylic acids is 1. The van der Waals surface area contributed by atoms with E-state index in [1.54, 1.807) is 25.3 Å². The fourth-order valence-corrected chi connectivity index (χ4v) is 2.28. The normalized spacial score (nSPS) is 13.1. The first-order valence-corrected chi connectivity index (χ1v) is 8.88. The molecule has 0 saturated carbocycles. The molecule has 8 nitrogen and oxygen atoms in total. The second-order valence-corrected chi connectivity index (χ2v) is 8.30. The summed E-state index contributed by atoms with van der Waals surface area (Å²) in [6.45, 7) is 12.9. The van der Waals surface area contributed by atoms with E-state index >= 15 is 0 Å². The van der Waals surface area contributed by atoms with Crippen molar-refractivity contribution in [2.75, 3.05) is 0 Å². The zero-order valence-electron chi connectivity index (χ0n) is 17.1. The number of amides is 1. The summed E-state index contributed by atoms with van der Waals surface area (Å²) < 4.78 is 7.01. The van der Waals surface area contributed by atoms with Crippen LogP contribution in [-0.2, 0) is 16.1 Å². The van der Waals surface area contributed by atoms with Crippen molar-refractivity contribution in [3.05, 3.63) is 34.2 Å². The Hall–Kier alpha value is -2.35. The molecule has 8 heteroatoms. The van der Waals surface area contributed by atoms with Crippen molar-refractivity contribution < 1.29 is 24.3 Å². The molecule has 1 N–H and O–H groups in total. The van der Waals surface area contributed by atoms with Crippen molar-refractivity contribution in [3.8, 4) is 0 Å². The van der Waals surface area contributed by atoms with E-state index in [9.17, 15) is 14.4 Å². The third-order valence-corrected chi connectivity index (χ3v) is 3.38. The monoisotopic (exact) mass is 382 g/mol. The van der Waals surface area contributed by atoms with E-state index in [0.29, 0.717) is 6.42 Å². The lowest BCUT2D eigenvalue weighted by molar-refractivity contribution is -0.232. The second kappa shape index (κ2) is 8.56. The van der Waals surface area contributed by atoms with E-state index < -0.39 is 34.7 Å². The number of carboxylic acid groups (broad SMARTS) is 1. The van der Waals surface area contributed by atoms with Crippen molar-refractivity contribution >= 4 is 12.1 Å². The molecule has 1 aromatic rings. The number of carbonyl (C=O) groups excluding carboxylic acids is 1. The maximum Gasteiger partial charge on any atom is 0.434 e. The highest BCUT2D eigenvalue weighted by Gasteiger charge is 2.32. The predicted molar refractivity (Wildman–Crippen MR) is 101 cm³/mol. The lowest BCUT2D eigenvalue weighted by Crippen LogP contribution is -2.48. The molecule has 1 aromatic heterocycles. The first-order valence-electron chi connectivity index (χ1n) is 8.88. The van der Waals surface area contributed by atoms with E-state index in [1.165, 1.54) is 23.5 Å². The van der Waals surface area contributed by atoms with Gasteiger partial charge in [0.1, 0.15) is 11.2 Å². The highest BCUT2D eigenvalue weighted by Crippen LogP contribution is 2.20. The van der Waals surface area contributed by atoms with Crippen LogP contribution in [-0.4, -0.2) is 44.0 Å². The summed E-state index contributed by atoms with van der Waals surface area (Å²) in [4.78, 5) is 41.4. The third-order valence-electron chi connectivity index (χ3n) is 3.38. The van der Waals surface area contributed by atoms with E-state index in [4.69, 9.17) is 14.7 Å². The fourth-order valence-electron chi connectivity index (χ4n) is 2.28. The topological polar surface area (TPSA) is 98.1 Å². The summed E-state index contributed by atoms with van der Waals surface area (Å²) in [5, 5.41) is 10.3. The van der Waals surface area contributed by atoms with Gasteiger partial charge in [-0.15, -0.1) is 0 Å². The highest BCUT2D eigenvalue weighted by molar-refractivity contribution is 5.86. The molecule has 0 aliphatic heterocycles. The number of aromatic nitrogens is 1. The van der Waals surface area contributed by atoms with Crippen LogP contribution in [0.25, 0.3) is 0 Å². The molecule has 27 heavy (non-hydrogen) atoms. The Morgan fingerprint density at radius 2 is 1.78 bits per heavy atom. The molecule has 0 aliphatic carbocycles. The van der Waals surface area contributed by atoms with Crippen molar-refractivity contribution in [1.29, 1.82) is 0 Å². The number of hydrogen-bond acceptors (Lipinski definition) is 5. The molecule has 0 saturated heterocycles. The Balaban J connectivity index is 3.17. The highest BCUT2D eigenvalue weighted by atomic mass is 16.7. The molecule has 1 amide bonds. The average molecular weight is 382 g/mol. The molecule has 0 aromatic carbocycles. The Bertz CT molecular complexity index is 727. The van der Waals surface area contributed by atoms with Crippen LogP contribution in [0.2, 0.25) is 0 Å². The standard InChI is InChI=1S/C19H30N2O6/c1-8-13(11-20-10-9-15(22)14(12-20)16(23)24)21(27-19(5,6)7)17(25)26-18(2,3)4/h9-10,12-13H,8,11H2,1-7H3,(H,23,24). The predicted octanol–water partition coefficient (Wildman–Crippen LogP) is 3.29. The summed E-state index contributed by atoms with van der Waals surface area (Å²) in [7, 11) is 0. The number of pyridine rings is 1. The van der Waals surface area contributed by atoms with Gasteiger partial charge in [-0.2, -0.15) is 5.06 Å². The lowest BCUT2D eigenvalue weighted by atomic mass is 10.2. The Morgan fingerprint density at radius 1 is 1.19 bits per heavy atom. The molecule has 1 atom stereocenters. The molecule has 0 spiro atoms. The van der Waals surface area contributed by atoms with Crippen LogP contribution in [0.5, 0.6) is 0 Å². The average Bonchev–Trinajstić information content (AvgIpc) is 2.49. The first kappa shape index (κ1) is 22.7. The van der Waals surface area contributed by atoms with Gasteiger partial charge in [0, 0.05) is 25.0 Å². The van der Waals surface area contributed by atoms with Crippen molar-refractivity contribution in [1.82, 2.24) is 9.63 Å². The van der Waals surface area contributed by atoms with E-state index in [-0.39, 0.29) is 12.1 Å². The molecule has 152 valence electrons. The minimum absolute atomic E-state index is 0.242. The zero-order valence-corrected chi connectivity index (χ0v) is 17.1. The first-order chi connectivity index (χ1) is 12.2. The van der Waals surface area contributed by atoms with Gasteiger partial charge in [-0.3, -0.25) is 9.63 Å². The number of hydrogen-bond donors (Lipinski definition) is 1. The smallest absolute Gasteiger partial charge is 0.434 e. The van der Waals surface area contributed by atoms with Crippen LogP contribution in [0.3, 0.4) is 0 Å². The summed E-state index contributed by atoms with van der Waals surface area (Å²) >= 11 is 0. The fraction of sp³-hybridized carbons (Fsp3) is 0.632. The second-order valence-electron chi connectivity index (χ2n) is 8.30. The van der Waals surface area contributed by atoms with Gasteiger partial charge in [-0.25, -0.2) is 9.59 Å². The molecule has 0 bridgehead atoms. The Labute approximate surface area is 159 Å². The lowest BCUT2D eigenvalue weighted by Gasteiger charge is -2.36. The summed E-state index contributed by atoms with van der Waals surface area (Å²) in [6.07, 6.45) is 2.66. The molecule has 0 radical (unpaired) electrons. The quantitative estimate of drug-likeness (QED) is 0.758. The van der Waals surface area contributed by atoms with Gasteiger partial charge in [0.2, 0.25) is 0 Å². The Morgan fingerprint density at radius 3 is 2.22 bits per heavy atom. The minimum atomic E-state index is -1.29. The molecule has 1 heterocycles. The summed E-state index contributed by atoms with van der Waals surface area (Å²) in [6, 6.07) is 0.765. The van der Waals surface area contributed by atoms with Gasteiger partial charge in [-0.05, 0) is 48.0 Å². The van der Waals surface area contributed by atoms with E-state index in [1.807, 2.05) is 27.7 Å². The van der Waals surface area contributed by atoms with Crippen LogP contribution < -0.4 is 5.43 Å². The number of carboxylic acids is 1. The van der Waals surface area contributed by atoms with Crippen LogP contribution in [0.4, 0.5) is 4.79 Å². The number of carbonyl (C=O) groups is 2. The van der Waals surface area contributed by atoms with Gasteiger partial charge in [-0.1, -0.05) is 6.92 Å². The van der Waals surface area contributed by atoms with Crippen molar-refractivity contribution in [3.63, 3.8) is 0 Å². The van der Waals surface area contributed by atoms with Crippen molar-refractivity contribution in [2.45, 2.75) is 78.7 Å². The number of ether oxygens (including phenoxy) is 1. The van der Waals surface area contributed by atoms with Crippen LogP contribution in [0, 0.1) is 0 Å². The largest absolute Gasteiger partial charge is 0.477 e. The molecule has 0 fully saturated rings. The van der Waals surface area contributed by atoms with Gasteiger partial charge in [0.15, 0.2) is 5.43 Å². The van der Waals surface area contributed by atoms with Crippen LogP contribution in [0.1, 0.15) is 65.2 Å². The maximum absolute atomic E-state index is 12.7. The van der Waals surface area contributed by atoms with Crippen LogP contribution in [0.15, 0.2) is 23.3 Å². The molecule has 1 unspecified atom stereocenters. The van der Waals surface area contributed by atoms with Gasteiger partial charge in [0.05, 0.1) is 11.6 Å². The molecular formula is C19H30N2O6. The zero-order chi connectivity index (χ0) is 21.0. The van der Waals surface area contributed by atoms with Crippen LogP contribution >= 0.6 is 0 Å². The molecular weight excluding hydrogens is 352 g/mol. The summed E-state index contributed by atoms with van der Waals surface area (Å²) in [5.41, 5.74) is -2.22. The number of hydroxylamine groups is 2. The molecule has 1 rings (SSSR count). The maximum atomic E-state index is 12.7. The Kier molecular flexibility index (Phi) is 7.19. The molecule has 0 aliphatic rings.